The molecule has 2 rings (SSSR count). The third-order valence-electron chi connectivity index (χ3n) is 3.01. The molecule has 19 heavy (non-hydrogen) atoms. The summed E-state index contributed by atoms with van der Waals surface area (Å²) in [6, 6.07) is 5.83. The van der Waals surface area contributed by atoms with Gasteiger partial charge >= 0.3 is 0 Å². The monoisotopic (exact) mass is 327 g/mol. The normalized spacial score (nSPS) is 14.8. The Bertz CT molecular complexity index is 450. The fourth-order valence-corrected chi connectivity index (χ4v) is 2.45. The Labute approximate surface area is 121 Å². The van der Waals surface area contributed by atoms with Crippen LogP contribution in [0.15, 0.2) is 22.7 Å². The highest BCUT2D eigenvalue weighted by molar-refractivity contribution is 9.10. The lowest BCUT2D eigenvalue weighted by Crippen LogP contribution is -2.33. The van der Waals surface area contributed by atoms with Crippen LogP contribution in [0, 0.1) is 0 Å². The van der Waals surface area contributed by atoms with Crippen molar-refractivity contribution >= 4 is 21.8 Å². The third kappa shape index (κ3) is 3.94. The number of hydrogen-bond donors (Lipinski definition) is 0. The number of nitrogens with zero attached hydrogens (tertiary/aromatic N) is 1. The van der Waals surface area contributed by atoms with Crippen LogP contribution in [-0.4, -0.2) is 37.2 Å². The molecule has 1 amide bonds. The Kier molecular flexibility index (Phi) is 5.22. The average Bonchev–Trinajstić information content (AvgIpc) is 2.55. The maximum absolute atomic E-state index is 12.0. The van der Waals surface area contributed by atoms with E-state index in [0.29, 0.717) is 26.3 Å². The van der Waals surface area contributed by atoms with Crippen molar-refractivity contribution in [2.75, 3.05) is 26.4 Å². The largest absolute Gasteiger partial charge is 0.483 e. The van der Waals surface area contributed by atoms with Crippen LogP contribution in [0.3, 0.4) is 0 Å². The molecule has 104 valence electrons. The Morgan fingerprint density at radius 2 is 2.32 bits per heavy atom. The number of carbonyl (C=O) groups is 1. The van der Waals surface area contributed by atoms with Gasteiger partial charge in [0.25, 0.3) is 5.91 Å². The molecule has 0 fully saturated rings. The van der Waals surface area contributed by atoms with Crippen molar-refractivity contribution in [3.8, 4) is 5.75 Å². The van der Waals surface area contributed by atoms with Gasteiger partial charge in [0.15, 0.2) is 6.61 Å². The third-order valence-corrected chi connectivity index (χ3v) is 3.50. The zero-order chi connectivity index (χ0) is 13.7. The van der Waals surface area contributed by atoms with E-state index in [9.17, 15) is 4.79 Å². The number of hydrogen-bond acceptors (Lipinski definition) is 3. The molecule has 5 heteroatoms. The van der Waals surface area contributed by atoms with Crippen LogP contribution in [0.25, 0.3) is 0 Å². The lowest BCUT2D eigenvalue weighted by molar-refractivity contribution is -0.133. The topological polar surface area (TPSA) is 38.8 Å². The molecule has 0 unspecified atom stereocenters. The Balaban J connectivity index is 2.01. The highest BCUT2D eigenvalue weighted by Gasteiger charge is 2.21. The molecule has 0 aromatic heterocycles. The number of benzene rings is 1. The average molecular weight is 328 g/mol. The van der Waals surface area contributed by atoms with Crippen molar-refractivity contribution < 1.29 is 14.3 Å². The molecule has 0 atom stereocenters. The quantitative estimate of drug-likeness (QED) is 0.780. The molecule has 0 saturated heterocycles. The molecule has 1 aromatic rings. The van der Waals surface area contributed by atoms with Gasteiger partial charge in [-0.2, -0.15) is 0 Å². The summed E-state index contributed by atoms with van der Waals surface area (Å²) in [6.45, 7) is 4.79. The number of fused-ring (bicyclic) bond motifs is 1. The van der Waals surface area contributed by atoms with Gasteiger partial charge in [0.05, 0.1) is 0 Å². The maximum Gasteiger partial charge on any atom is 0.260 e. The predicted octanol–water partition coefficient (Wildman–Crippen LogP) is 2.60. The second-order valence-electron chi connectivity index (χ2n) is 4.41. The van der Waals surface area contributed by atoms with Gasteiger partial charge < -0.3 is 14.4 Å². The van der Waals surface area contributed by atoms with Gasteiger partial charge in [-0.15, -0.1) is 0 Å². The number of carbonyl (C=O) groups excluding carboxylic acids is 1. The lowest BCUT2D eigenvalue weighted by atomic mass is 10.2. The van der Waals surface area contributed by atoms with Gasteiger partial charge in [-0.1, -0.05) is 15.9 Å². The summed E-state index contributed by atoms with van der Waals surface area (Å²) in [7, 11) is 0. The SMILES string of the molecule is CCOCCCN1Cc2cc(Br)ccc2OCC1=O. The fraction of sp³-hybridized carbons (Fsp3) is 0.500. The van der Waals surface area contributed by atoms with E-state index in [-0.39, 0.29) is 12.5 Å². The first-order valence-corrected chi connectivity index (χ1v) is 7.26. The lowest BCUT2D eigenvalue weighted by Gasteiger charge is -2.19. The summed E-state index contributed by atoms with van der Waals surface area (Å²) in [5.74, 6) is 0.827. The number of ether oxygens (including phenoxy) is 2. The molecule has 1 aromatic carbocycles. The van der Waals surface area contributed by atoms with Crippen LogP contribution >= 0.6 is 15.9 Å². The number of rotatable bonds is 5. The van der Waals surface area contributed by atoms with Gasteiger partial charge in [0.1, 0.15) is 5.75 Å². The van der Waals surface area contributed by atoms with Crippen LogP contribution in [0.2, 0.25) is 0 Å². The summed E-state index contributed by atoms with van der Waals surface area (Å²) in [5, 5.41) is 0. The van der Waals surface area contributed by atoms with E-state index in [2.05, 4.69) is 15.9 Å². The number of halogens is 1. The molecule has 1 heterocycles. The molecule has 1 aliphatic heterocycles. The Hall–Kier alpha value is -1.07. The van der Waals surface area contributed by atoms with E-state index in [1.807, 2.05) is 30.0 Å². The van der Waals surface area contributed by atoms with Gasteiger partial charge in [-0.25, -0.2) is 0 Å². The summed E-state index contributed by atoms with van der Waals surface area (Å²) in [6.07, 6.45) is 0.850. The summed E-state index contributed by atoms with van der Waals surface area (Å²) in [5.41, 5.74) is 1.04. The van der Waals surface area contributed by atoms with E-state index < -0.39 is 0 Å². The second-order valence-corrected chi connectivity index (χ2v) is 5.32. The minimum absolute atomic E-state index is 0.0313. The molecular weight excluding hydrogens is 310 g/mol. The first-order chi connectivity index (χ1) is 9.20. The van der Waals surface area contributed by atoms with E-state index in [1.165, 1.54) is 0 Å². The maximum atomic E-state index is 12.0. The first-order valence-electron chi connectivity index (χ1n) is 6.47. The fourth-order valence-electron chi connectivity index (χ4n) is 2.04. The van der Waals surface area contributed by atoms with E-state index >= 15 is 0 Å². The van der Waals surface area contributed by atoms with E-state index in [4.69, 9.17) is 9.47 Å². The smallest absolute Gasteiger partial charge is 0.260 e. The zero-order valence-corrected chi connectivity index (χ0v) is 12.6. The zero-order valence-electron chi connectivity index (χ0n) is 11.0. The van der Waals surface area contributed by atoms with E-state index in [1.54, 1.807) is 0 Å². The highest BCUT2D eigenvalue weighted by atomic mass is 79.9. The summed E-state index contributed by atoms with van der Waals surface area (Å²) >= 11 is 3.45. The van der Waals surface area contributed by atoms with Crippen molar-refractivity contribution in [1.82, 2.24) is 4.90 Å². The van der Waals surface area contributed by atoms with Crippen LogP contribution in [0.4, 0.5) is 0 Å². The van der Waals surface area contributed by atoms with Gasteiger partial charge in [-0.3, -0.25) is 4.79 Å². The van der Waals surface area contributed by atoms with Gasteiger partial charge in [0, 0.05) is 36.3 Å². The molecule has 0 N–H and O–H groups in total. The minimum Gasteiger partial charge on any atom is -0.483 e. The number of amides is 1. The molecule has 0 saturated carbocycles. The van der Waals surface area contributed by atoms with Crippen LogP contribution < -0.4 is 4.74 Å². The molecule has 0 spiro atoms. The molecule has 0 bridgehead atoms. The summed E-state index contributed by atoms with van der Waals surface area (Å²) in [4.78, 5) is 13.8. The molecule has 0 aliphatic carbocycles. The second kappa shape index (κ2) is 6.91. The van der Waals surface area contributed by atoms with Crippen molar-refractivity contribution in [3.05, 3.63) is 28.2 Å². The highest BCUT2D eigenvalue weighted by Crippen LogP contribution is 2.26. The molecule has 1 aliphatic rings. The predicted molar refractivity (Wildman–Crippen MR) is 76.2 cm³/mol. The summed E-state index contributed by atoms with van der Waals surface area (Å²) < 4.78 is 11.8. The van der Waals surface area contributed by atoms with Crippen LogP contribution in [-0.2, 0) is 16.1 Å². The van der Waals surface area contributed by atoms with Crippen LogP contribution in [0.5, 0.6) is 5.75 Å². The van der Waals surface area contributed by atoms with Crippen LogP contribution in [0.1, 0.15) is 18.9 Å². The van der Waals surface area contributed by atoms with Crippen molar-refractivity contribution in [1.29, 1.82) is 0 Å². The minimum atomic E-state index is 0.0313. The molecular formula is C14H18BrNO3. The van der Waals surface area contributed by atoms with E-state index in [0.717, 1.165) is 22.2 Å². The molecule has 0 radical (unpaired) electrons. The standard InChI is InChI=1S/C14H18BrNO3/c1-2-18-7-3-6-16-9-11-8-12(15)4-5-13(11)19-10-14(16)17/h4-5,8H,2-3,6-7,9-10H2,1H3. The van der Waals surface area contributed by atoms with Crippen molar-refractivity contribution in [2.24, 2.45) is 0 Å². The Morgan fingerprint density at radius 1 is 1.47 bits per heavy atom. The van der Waals surface area contributed by atoms with Crippen molar-refractivity contribution in [2.45, 2.75) is 19.9 Å². The molecule has 4 nitrogen and oxygen atoms in total. The van der Waals surface area contributed by atoms with Crippen molar-refractivity contribution in [3.63, 3.8) is 0 Å². The Morgan fingerprint density at radius 3 is 3.11 bits per heavy atom. The van der Waals surface area contributed by atoms with Gasteiger partial charge in [-0.05, 0) is 31.5 Å². The van der Waals surface area contributed by atoms with Gasteiger partial charge in [0.2, 0.25) is 0 Å². The first kappa shape index (κ1) is 14.3.